The smallest absolute Gasteiger partial charge is 0.246 e. The Morgan fingerprint density at radius 1 is 1.15 bits per heavy atom. The van der Waals surface area contributed by atoms with Crippen LogP contribution in [0.15, 0.2) is 48.1 Å². The molecule has 3 amide bonds. The summed E-state index contributed by atoms with van der Waals surface area (Å²) in [6, 6.07) is 6.46. The van der Waals surface area contributed by atoms with Crippen LogP contribution in [0.1, 0.15) is 64.7 Å². The fourth-order valence-corrected chi connectivity index (χ4v) is 7.62. The van der Waals surface area contributed by atoms with E-state index in [9.17, 15) is 14.4 Å². The molecule has 0 aromatic heterocycles. The van der Waals surface area contributed by atoms with Crippen LogP contribution >= 0.6 is 0 Å². The molecule has 0 unspecified atom stereocenters. The van der Waals surface area contributed by atoms with Crippen molar-refractivity contribution in [1.82, 2.24) is 10.2 Å². The minimum Gasteiger partial charge on any atom is -0.497 e. The quantitative estimate of drug-likeness (QED) is 0.471. The first-order valence-electron chi connectivity index (χ1n) is 15.0. The van der Waals surface area contributed by atoms with E-state index in [0.29, 0.717) is 23.9 Å². The number of anilines is 1. The highest BCUT2D eigenvalue weighted by Gasteiger charge is 2.72. The van der Waals surface area contributed by atoms with Crippen LogP contribution in [0, 0.1) is 17.8 Å². The van der Waals surface area contributed by atoms with E-state index in [4.69, 9.17) is 9.47 Å². The van der Waals surface area contributed by atoms with Gasteiger partial charge in [0.05, 0.1) is 25.0 Å². The molecule has 8 heteroatoms. The summed E-state index contributed by atoms with van der Waals surface area (Å²) in [6.07, 6.45) is 15.0. The van der Waals surface area contributed by atoms with E-state index in [1.807, 2.05) is 24.3 Å². The summed E-state index contributed by atoms with van der Waals surface area (Å²) in [4.78, 5) is 43.7. The van der Waals surface area contributed by atoms with Crippen LogP contribution in [0.25, 0.3) is 0 Å². The first kappa shape index (κ1) is 27.1. The predicted molar refractivity (Wildman–Crippen MR) is 152 cm³/mol. The number of carbonyl (C=O) groups excluding carboxylic acids is 3. The number of hydrogen-bond donors (Lipinski definition) is 2. The zero-order valence-corrected chi connectivity index (χ0v) is 23.6. The van der Waals surface area contributed by atoms with Gasteiger partial charge in [-0.1, -0.05) is 49.6 Å². The van der Waals surface area contributed by atoms with Crippen LogP contribution in [-0.2, 0) is 19.1 Å². The molecule has 2 bridgehead atoms. The van der Waals surface area contributed by atoms with Gasteiger partial charge in [0.25, 0.3) is 0 Å². The first-order valence-corrected chi connectivity index (χ1v) is 15.0. The van der Waals surface area contributed by atoms with Gasteiger partial charge in [-0.15, -0.1) is 0 Å². The average Bonchev–Trinajstić information content (AvgIpc) is 3.61. The number of benzene rings is 1. The van der Waals surface area contributed by atoms with Gasteiger partial charge in [-0.2, -0.15) is 0 Å². The Morgan fingerprint density at radius 2 is 2.00 bits per heavy atom. The number of rotatable bonds is 8. The molecular formula is C32H41N3O5. The zero-order chi connectivity index (χ0) is 27.9. The van der Waals surface area contributed by atoms with Crippen molar-refractivity contribution >= 4 is 23.4 Å². The molecule has 214 valence electrons. The monoisotopic (exact) mass is 547 g/mol. The molecule has 0 radical (unpaired) electrons. The lowest BCUT2D eigenvalue weighted by molar-refractivity contribution is -0.141. The van der Waals surface area contributed by atoms with Crippen molar-refractivity contribution in [2.24, 2.45) is 17.8 Å². The van der Waals surface area contributed by atoms with Gasteiger partial charge in [0.2, 0.25) is 17.7 Å². The molecule has 1 aromatic carbocycles. The zero-order valence-electron chi connectivity index (χ0n) is 23.6. The molecular weight excluding hydrogens is 506 g/mol. The molecule has 2 saturated heterocycles. The topological polar surface area (TPSA) is 97.0 Å². The Hall–Kier alpha value is -3.13. The molecule has 1 saturated carbocycles. The average molecular weight is 548 g/mol. The summed E-state index contributed by atoms with van der Waals surface area (Å²) in [6.45, 7) is 2.64. The number of nitrogens with zero attached hydrogens (tertiary/aromatic N) is 1. The van der Waals surface area contributed by atoms with Crippen molar-refractivity contribution < 1.29 is 23.9 Å². The predicted octanol–water partition coefficient (Wildman–Crippen LogP) is 4.37. The highest BCUT2D eigenvalue weighted by atomic mass is 16.5. The van der Waals surface area contributed by atoms with Crippen molar-refractivity contribution in [3.8, 4) is 5.75 Å². The van der Waals surface area contributed by atoms with Gasteiger partial charge >= 0.3 is 0 Å². The van der Waals surface area contributed by atoms with E-state index in [0.717, 1.165) is 44.9 Å². The lowest BCUT2D eigenvalue weighted by Gasteiger charge is -2.36. The Kier molecular flexibility index (Phi) is 7.46. The maximum Gasteiger partial charge on any atom is 0.246 e. The third-order valence-corrected chi connectivity index (χ3v) is 9.76. The van der Waals surface area contributed by atoms with Gasteiger partial charge in [-0.05, 0) is 63.0 Å². The van der Waals surface area contributed by atoms with Gasteiger partial charge in [-0.25, -0.2) is 0 Å². The summed E-state index contributed by atoms with van der Waals surface area (Å²) in [5, 5.41) is 6.28. The molecule has 2 N–H and O–H groups in total. The second-order valence-electron chi connectivity index (χ2n) is 12.2. The number of allylic oxidation sites excluding steroid dienone is 1. The van der Waals surface area contributed by atoms with Crippen LogP contribution < -0.4 is 15.4 Å². The lowest BCUT2D eigenvalue weighted by Crippen LogP contribution is -2.57. The normalized spacial score (nSPS) is 34.4. The van der Waals surface area contributed by atoms with Crippen LogP contribution in [0.5, 0.6) is 5.75 Å². The van der Waals surface area contributed by atoms with Gasteiger partial charge in [0.1, 0.15) is 17.4 Å². The van der Waals surface area contributed by atoms with Crippen molar-refractivity contribution in [2.75, 3.05) is 19.0 Å². The van der Waals surface area contributed by atoms with E-state index < -0.39 is 29.6 Å². The molecule has 3 heterocycles. The van der Waals surface area contributed by atoms with Gasteiger partial charge in [0, 0.05) is 24.3 Å². The highest BCUT2D eigenvalue weighted by Crippen LogP contribution is 2.55. The second kappa shape index (κ2) is 11.0. The molecule has 8 nitrogen and oxygen atoms in total. The number of fused-ring (bicyclic) bond motifs is 1. The standard InChI is InChI=1S/C32H41N3O5/c1-20-9-6-7-14-24(20)34-30(37)28-32-17-15-25(40-32)26(29(36)33-22-12-8-13-23(19-22)39-2)27(32)31(38)35(28)18-16-21-10-4-3-5-11-21/h8,10,12-13,15,17,19-20,24-28H,3-7,9,11,14,16,18H2,1-2H3,(H,33,36)(H,34,37)/t20-,24+,25+,26-,27+,28+,32+/m0/s1. The number of methoxy groups -OCH3 is 1. The largest absolute Gasteiger partial charge is 0.497 e. The summed E-state index contributed by atoms with van der Waals surface area (Å²) in [7, 11) is 1.58. The van der Waals surface area contributed by atoms with Crippen LogP contribution in [-0.4, -0.2) is 60.1 Å². The van der Waals surface area contributed by atoms with Crippen molar-refractivity contribution in [1.29, 1.82) is 0 Å². The van der Waals surface area contributed by atoms with Crippen LogP contribution in [0.2, 0.25) is 0 Å². The van der Waals surface area contributed by atoms with Gasteiger partial charge in [0.15, 0.2) is 0 Å². The molecule has 5 aliphatic rings. The van der Waals surface area contributed by atoms with E-state index in [2.05, 4.69) is 23.6 Å². The fourth-order valence-electron chi connectivity index (χ4n) is 7.62. The number of ether oxygens (including phenoxy) is 2. The van der Waals surface area contributed by atoms with Crippen molar-refractivity contribution in [3.05, 3.63) is 48.1 Å². The highest BCUT2D eigenvalue weighted by molar-refractivity contribution is 6.02. The Morgan fingerprint density at radius 3 is 2.77 bits per heavy atom. The summed E-state index contributed by atoms with van der Waals surface area (Å²) < 4.78 is 11.8. The summed E-state index contributed by atoms with van der Waals surface area (Å²) in [5.74, 6) is -1.04. The molecule has 1 aromatic rings. The maximum absolute atomic E-state index is 14.2. The second-order valence-corrected chi connectivity index (χ2v) is 12.2. The number of likely N-dealkylation sites (tertiary alicyclic amines) is 1. The molecule has 1 spiro atoms. The molecule has 2 aliphatic carbocycles. The molecule has 6 rings (SSSR count). The Bertz CT molecular complexity index is 1230. The van der Waals surface area contributed by atoms with E-state index in [1.54, 1.807) is 24.1 Å². The SMILES string of the molecule is COc1cccc(NC(=O)[C@H]2[C@H]3C=C[C@@]4(O3)[C@H]2C(=O)N(CCC2=CCCCC2)[C@@H]4C(=O)N[C@@H]2CCCC[C@@H]2C)c1. The fraction of sp³-hybridized carbons (Fsp3) is 0.594. The summed E-state index contributed by atoms with van der Waals surface area (Å²) >= 11 is 0. The lowest BCUT2D eigenvalue weighted by atomic mass is 9.74. The van der Waals surface area contributed by atoms with Crippen LogP contribution in [0.4, 0.5) is 5.69 Å². The summed E-state index contributed by atoms with van der Waals surface area (Å²) in [5.41, 5.74) is 0.806. The minimum absolute atomic E-state index is 0.0874. The van der Waals surface area contributed by atoms with E-state index in [-0.39, 0.29) is 23.8 Å². The molecule has 7 atom stereocenters. The molecule has 3 fully saturated rings. The third kappa shape index (κ3) is 4.74. The van der Waals surface area contributed by atoms with Crippen molar-refractivity contribution in [2.45, 2.75) is 88.5 Å². The molecule has 3 aliphatic heterocycles. The Labute approximate surface area is 236 Å². The van der Waals surface area contributed by atoms with Crippen molar-refractivity contribution in [3.63, 3.8) is 0 Å². The number of hydrogen-bond acceptors (Lipinski definition) is 5. The van der Waals surface area contributed by atoms with E-state index >= 15 is 0 Å². The minimum atomic E-state index is -1.14. The first-order chi connectivity index (χ1) is 19.4. The van der Waals surface area contributed by atoms with Gasteiger partial charge in [-0.3, -0.25) is 14.4 Å². The third-order valence-electron chi connectivity index (χ3n) is 9.76. The number of carbonyl (C=O) groups is 3. The maximum atomic E-state index is 14.2. The number of amides is 3. The Balaban J connectivity index is 1.28. The van der Waals surface area contributed by atoms with E-state index in [1.165, 1.54) is 18.4 Å². The number of nitrogens with one attached hydrogen (secondary N) is 2. The van der Waals surface area contributed by atoms with Gasteiger partial charge < -0.3 is 25.0 Å². The van der Waals surface area contributed by atoms with Crippen LogP contribution in [0.3, 0.4) is 0 Å². The molecule has 40 heavy (non-hydrogen) atoms.